The van der Waals surface area contributed by atoms with Gasteiger partial charge in [-0.2, -0.15) is 10.2 Å². The monoisotopic (exact) mass is 282 g/mol. The number of carbonyl (C=O) groups excluding carboxylic acids is 1. The summed E-state index contributed by atoms with van der Waals surface area (Å²) >= 11 is 0. The van der Waals surface area contributed by atoms with Gasteiger partial charge in [0.05, 0.1) is 5.69 Å². The first-order chi connectivity index (χ1) is 9.95. The summed E-state index contributed by atoms with van der Waals surface area (Å²) in [6.45, 7) is 0. The van der Waals surface area contributed by atoms with Crippen LogP contribution in [-0.4, -0.2) is 34.9 Å². The van der Waals surface area contributed by atoms with Gasteiger partial charge in [0, 0.05) is 25.2 Å². The van der Waals surface area contributed by atoms with Crippen LogP contribution in [-0.2, 0) is 0 Å². The molecule has 0 atom stereocenters. The van der Waals surface area contributed by atoms with Gasteiger partial charge >= 0.3 is 0 Å². The molecule has 0 fully saturated rings. The number of hydrogen-bond donors (Lipinski definition) is 2. The van der Waals surface area contributed by atoms with Crippen molar-refractivity contribution in [3.63, 3.8) is 0 Å². The van der Waals surface area contributed by atoms with Gasteiger partial charge in [0.1, 0.15) is 17.5 Å². The molecular formula is C14H14N6O. The summed E-state index contributed by atoms with van der Waals surface area (Å²) in [4.78, 5) is 21.5. The summed E-state index contributed by atoms with van der Waals surface area (Å²) in [6, 6.07) is 8.79. The summed E-state index contributed by atoms with van der Waals surface area (Å²) < 4.78 is 0. The van der Waals surface area contributed by atoms with E-state index in [9.17, 15) is 10.1 Å². The van der Waals surface area contributed by atoms with Gasteiger partial charge in [-0.25, -0.2) is 4.98 Å². The lowest BCUT2D eigenvalue weighted by molar-refractivity contribution is 0.0828. The lowest BCUT2D eigenvalue weighted by Crippen LogP contribution is -2.22. The van der Waals surface area contributed by atoms with Crippen LogP contribution in [0.5, 0.6) is 0 Å². The minimum absolute atomic E-state index is 0.00731. The molecule has 0 bridgehead atoms. The first kappa shape index (κ1) is 14.3. The predicted octanol–water partition coefficient (Wildman–Crippen LogP) is 0.881. The molecule has 7 heteroatoms. The van der Waals surface area contributed by atoms with Gasteiger partial charge in [0.25, 0.3) is 5.91 Å². The summed E-state index contributed by atoms with van der Waals surface area (Å²) in [5.41, 5.74) is 12.6. The number of benzene rings is 1. The van der Waals surface area contributed by atoms with Crippen molar-refractivity contribution in [1.29, 1.82) is 5.26 Å². The predicted molar refractivity (Wildman–Crippen MR) is 79.0 cm³/mol. The molecule has 0 aliphatic rings. The van der Waals surface area contributed by atoms with E-state index in [1.807, 2.05) is 6.07 Å². The van der Waals surface area contributed by atoms with Crippen molar-refractivity contribution >= 4 is 17.7 Å². The molecule has 2 aromatic rings. The van der Waals surface area contributed by atoms with Gasteiger partial charge in [0.15, 0.2) is 0 Å². The number of carbonyl (C=O) groups is 1. The van der Waals surface area contributed by atoms with Crippen molar-refractivity contribution in [2.45, 2.75) is 0 Å². The number of nitrogen functional groups attached to an aromatic ring is 2. The van der Waals surface area contributed by atoms with Crippen LogP contribution in [0.2, 0.25) is 0 Å². The maximum absolute atomic E-state index is 12.2. The Hall–Kier alpha value is -3.14. The molecule has 4 N–H and O–H groups in total. The molecule has 0 spiro atoms. The summed E-state index contributed by atoms with van der Waals surface area (Å²) in [5, 5.41) is 9.24. The molecule has 0 radical (unpaired) electrons. The van der Waals surface area contributed by atoms with Crippen molar-refractivity contribution < 1.29 is 4.79 Å². The Kier molecular flexibility index (Phi) is 3.71. The molecule has 1 aromatic heterocycles. The van der Waals surface area contributed by atoms with Crippen molar-refractivity contribution in [1.82, 2.24) is 14.9 Å². The summed E-state index contributed by atoms with van der Waals surface area (Å²) in [7, 11) is 3.29. The minimum atomic E-state index is -0.203. The van der Waals surface area contributed by atoms with Crippen LogP contribution in [0.25, 0.3) is 11.3 Å². The Bertz CT molecular complexity index is 748. The maximum Gasteiger partial charge on any atom is 0.254 e. The highest BCUT2D eigenvalue weighted by Crippen LogP contribution is 2.28. The zero-order valence-corrected chi connectivity index (χ0v) is 11.7. The second-order valence-corrected chi connectivity index (χ2v) is 4.55. The molecule has 0 aliphatic carbocycles. The quantitative estimate of drug-likeness (QED) is 0.843. The molecule has 21 heavy (non-hydrogen) atoms. The number of aromatic nitrogens is 2. The molecule has 1 amide bonds. The highest BCUT2D eigenvalue weighted by Gasteiger charge is 2.19. The van der Waals surface area contributed by atoms with E-state index in [1.165, 1.54) is 4.90 Å². The highest BCUT2D eigenvalue weighted by atomic mass is 16.2. The second kappa shape index (κ2) is 5.46. The molecule has 0 saturated heterocycles. The van der Waals surface area contributed by atoms with Gasteiger partial charge in [0.2, 0.25) is 5.95 Å². The number of nitriles is 1. The molecule has 106 valence electrons. The number of anilines is 2. The molecular weight excluding hydrogens is 268 g/mol. The Morgan fingerprint density at radius 3 is 2.52 bits per heavy atom. The third kappa shape index (κ3) is 2.60. The van der Waals surface area contributed by atoms with Crippen LogP contribution in [0.4, 0.5) is 11.8 Å². The molecule has 0 aliphatic heterocycles. The Balaban J connectivity index is 2.75. The van der Waals surface area contributed by atoms with Crippen molar-refractivity contribution in [3.05, 3.63) is 35.4 Å². The van der Waals surface area contributed by atoms with Gasteiger partial charge in [-0.15, -0.1) is 0 Å². The van der Waals surface area contributed by atoms with E-state index in [0.29, 0.717) is 11.1 Å². The van der Waals surface area contributed by atoms with Crippen molar-refractivity contribution in [2.24, 2.45) is 0 Å². The van der Waals surface area contributed by atoms with Crippen LogP contribution < -0.4 is 11.5 Å². The van der Waals surface area contributed by atoms with Crippen molar-refractivity contribution in [3.8, 4) is 17.3 Å². The Morgan fingerprint density at radius 2 is 1.90 bits per heavy atom. The van der Waals surface area contributed by atoms with Gasteiger partial charge in [-0.05, 0) is 6.07 Å². The molecule has 0 saturated carbocycles. The average Bonchev–Trinajstić information content (AvgIpc) is 2.45. The first-order valence-corrected chi connectivity index (χ1v) is 6.09. The zero-order valence-electron chi connectivity index (χ0n) is 11.7. The van der Waals surface area contributed by atoms with Gasteiger partial charge in [-0.1, -0.05) is 18.2 Å². The fraction of sp³-hybridized carbons (Fsp3) is 0.143. The first-order valence-electron chi connectivity index (χ1n) is 6.09. The fourth-order valence-electron chi connectivity index (χ4n) is 1.92. The second-order valence-electron chi connectivity index (χ2n) is 4.55. The van der Waals surface area contributed by atoms with E-state index in [0.717, 1.165) is 0 Å². The Labute approximate surface area is 121 Å². The third-order valence-corrected chi connectivity index (χ3v) is 2.88. The van der Waals surface area contributed by atoms with E-state index in [-0.39, 0.29) is 28.9 Å². The van der Waals surface area contributed by atoms with Crippen LogP contribution in [0, 0.1) is 11.3 Å². The largest absolute Gasteiger partial charge is 0.382 e. The standard InChI is InChI=1S/C14H14N6O/c1-20(2)13(21)9-6-4-3-5-8(9)11-10(7-15)12(16)19-14(17)18-11/h3-6H,1-2H3,(H4,16,17,18,19). The number of hydrogen-bond acceptors (Lipinski definition) is 6. The summed E-state index contributed by atoms with van der Waals surface area (Å²) in [6.07, 6.45) is 0. The fourth-order valence-corrected chi connectivity index (χ4v) is 1.92. The number of rotatable bonds is 2. The van der Waals surface area contributed by atoms with E-state index >= 15 is 0 Å². The number of nitrogens with two attached hydrogens (primary N) is 2. The Morgan fingerprint density at radius 1 is 1.24 bits per heavy atom. The highest BCUT2D eigenvalue weighted by molar-refractivity contribution is 6.01. The van der Waals surface area contributed by atoms with Gasteiger partial charge < -0.3 is 16.4 Å². The van der Waals surface area contributed by atoms with Crippen LogP contribution in [0.1, 0.15) is 15.9 Å². The lowest BCUT2D eigenvalue weighted by Gasteiger charge is -2.14. The normalized spacial score (nSPS) is 9.95. The lowest BCUT2D eigenvalue weighted by atomic mass is 10.00. The van der Waals surface area contributed by atoms with Crippen LogP contribution in [0.3, 0.4) is 0 Å². The molecule has 1 aromatic carbocycles. The SMILES string of the molecule is CN(C)C(=O)c1ccccc1-c1nc(N)nc(N)c1C#N. The molecule has 7 nitrogen and oxygen atoms in total. The molecule has 0 unspecified atom stereocenters. The van der Waals surface area contributed by atoms with E-state index in [2.05, 4.69) is 9.97 Å². The van der Waals surface area contributed by atoms with Gasteiger partial charge in [-0.3, -0.25) is 4.79 Å². The van der Waals surface area contributed by atoms with Crippen LogP contribution >= 0.6 is 0 Å². The molecule has 1 heterocycles. The smallest absolute Gasteiger partial charge is 0.254 e. The van der Waals surface area contributed by atoms with Crippen LogP contribution in [0.15, 0.2) is 24.3 Å². The maximum atomic E-state index is 12.2. The summed E-state index contributed by atoms with van der Waals surface area (Å²) in [5.74, 6) is -0.258. The van der Waals surface area contributed by atoms with Crippen molar-refractivity contribution in [2.75, 3.05) is 25.6 Å². The minimum Gasteiger partial charge on any atom is -0.382 e. The average molecular weight is 282 g/mol. The van der Waals surface area contributed by atoms with E-state index in [1.54, 1.807) is 38.4 Å². The third-order valence-electron chi connectivity index (χ3n) is 2.88. The zero-order chi connectivity index (χ0) is 15.6. The van der Waals surface area contributed by atoms with E-state index < -0.39 is 0 Å². The molecule has 2 rings (SSSR count). The number of nitrogens with zero attached hydrogens (tertiary/aromatic N) is 4. The number of amides is 1. The topological polar surface area (TPSA) is 122 Å². The van der Waals surface area contributed by atoms with E-state index in [4.69, 9.17) is 11.5 Å².